The number of halogens is 2. The minimum atomic E-state index is -0.0436. The smallest absolute Gasteiger partial charge is 0.122 e. The number of carbonyl (C=O) groups is 1. The van der Waals surface area contributed by atoms with Crippen LogP contribution >= 0.6 is 47.9 Å². The second-order valence-corrected chi connectivity index (χ2v) is 4.11. The van der Waals surface area contributed by atoms with Crippen molar-refractivity contribution in [2.75, 3.05) is 0 Å². The zero-order valence-corrected chi connectivity index (χ0v) is 11.1. The fourth-order valence-corrected chi connectivity index (χ4v) is 2.31. The first-order valence-electron chi connectivity index (χ1n) is 3.40. The van der Waals surface area contributed by atoms with E-state index in [1.165, 1.54) is 0 Å². The van der Waals surface area contributed by atoms with Crippen molar-refractivity contribution in [3.8, 4) is 0 Å². The van der Waals surface area contributed by atoms with Gasteiger partial charge in [0, 0.05) is 27.2 Å². The number of rotatable bonds is 6. The SMILES string of the molecule is C[C@@H](/C=C/I)[C@H](CC=O)OSBr. The summed E-state index contributed by atoms with van der Waals surface area (Å²) in [5, 5.41) is 0. The molecule has 0 saturated heterocycles. The fourth-order valence-electron chi connectivity index (χ4n) is 0.722. The Kier molecular flexibility index (Phi) is 9.19. The molecular weight excluding hydrogens is 355 g/mol. The Morgan fingerprint density at radius 1 is 1.75 bits per heavy atom. The standard InChI is InChI=1S/C7H10BrIO2S/c1-6(2-4-9)7(3-5-10)11-12-8/h2,4-7H,3H2,1H3/b4-2+/t6-,7-/m0/s1. The molecule has 0 amide bonds. The van der Waals surface area contributed by atoms with Gasteiger partial charge in [-0.05, 0) is 4.08 Å². The van der Waals surface area contributed by atoms with Crippen LogP contribution in [0, 0.1) is 5.92 Å². The largest absolute Gasteiger partial charge is 0.303 e. The molecule has 0 aromatic heterocycles. The average molecular weight is 365 g/mol. The Bertz CT molecular complexity index is 154. The highest BCUT2D eigenvalue weighted by Gasteiger charge is 2.15. The molecule has 0 aliphatic carbocycles. The van der Waals surface area contributed by atoms with Crippen molar-refractivity contribution in [3.05, 3.63) is 10.2 Å². The molecule has 0 rings (SSSR count). The Hall–Kier alpha value is 0.930. The van der Waals surface area contributed by atoms with E-state index in [4.69, 9.17) is 4.18 Å². The van der Waals surface area contributed by atoms with Crippen molar-refractivity contribution in [1.82, 2.24) is 0 Å². The van der Waals surface area contributed by atoms with Gasteiger partial charge in [-0.25, -0.2) is 0 Å². The molecule has 0 bridgehead atoms. The second kappa shape index (κ2) is 8.52. The van der Waals surface area contributed by atoms with Gasteiger partial charge in [0.2, 0.25) is 0 Å². The van der Waals surface area contributed by atoms with Gasteiger partial charge in [0.05, 0.1) is 16.6 Å². The van der Waals surface area contributed by atoms with E-state index in [-0.39, 0.29) is 12.0 Å². The molecule has 0 radical (unpaired) electrons. The Morgan fingerprint density at radius 3 is 2.83 bits per heavy atom. The molecule has 0 saturated carbocycles. The topological polar surface area (TPSA) is 26.3 Å². The third-order valence-electron chi connectivity index (χ3n) is 1.45. The van der Waals surface area contributed by atoms with E-state index in [2.05, 4.69) is 37.4 Å². The first-order chi connectivity index (χ1) is 5.76. The summed E-state index contributed by atoms with van der Waals surface area (Å²) in [5.74, 6) is 0.261. The lowest BCUT2D eigenvalue weighted by molar-refractivity contribution is -0.109. The zero-order valence-electron chi connectivity index (χ0n) is 6.57. The molecule has 0 heterocycles. The maximum atomic E-state index is 10.3. The summed E-state index contributed by atoms with van der Waals surface area (Å²) in [6.45, 7) is 2.02. The summed E-state index contributed by atoms with van der Waals surface area (Å²) >= 11 is 5.24. The van der Waals surface area contributed by atoms with Crippen molar-refractivity contribution in [1.29, 1.82) is 0 Å². The van der Waals surface area contributed by atoms with Gasteiger partial charge in [0.25, 0.3) is 0 Å². The van der Waals surface area contributed by atoms with E-state index in [9.17, 15) is 4.79 Å². The fraction of sp³-hybridized carbons (Fsp3) is 0.571. The van der Waals surface area contributed by atoms with Gasteiger partial charge in [-0.3, -0.25) is 0 Å². The summed E-state index contributed by atoms with van der Waals surface area (Å²) in [4.78, 5) is 10.3. The number of hydrogen-bond donors (Lipinski definition) is 0. The normalized spacial score (nSPS) is 16.2. The molecular formula is C7H10BrIO2S. The molecule has 5 heteroatoms. The molecule has 2 nitrogen and oxygen atoms in total. The lowest BCUT2D eigenvalue weighted by Gasteiger charge is -2.16. The predicted molar refractivity (Wildman–Crippen MR) is 64.4 cm³/mol. The van der Waals surface area contributed by atoms with Crippen LogP contribution in [0.5, 0.6) is 0 Å². The summed E-state index contributed by atoms with van der Waals surface area (Å²) in [6.07, 6.45) is 3.28. The van der Waals surface area contributed by atoms with Gasteiger partial charge in [0.15, 0.2) is 0 Å². The van der Waals surface area contributed by atoms with Crippen molar-refractivity contribution in [3.63, 3.8) is 0 Å². The van der Waals surface area contributed by atoms with Crippen LogP contribution in [0.2, 0.25) is 0 Å². The molecule has 0 spiro atoms. The number of hydrogen-bond acceptors (Lipinski definition) is 3. The molecule has 0 fully saturated rings. The van der Waals surface area contributed by atoms with Crippen molar-refractivity contribution in [2.24, 2.45) is 5.92 Å². The van der Waals surface area contributed by atoms with Crippen molar-refractivity contribution in [2.45, 2.75) is 19.4 Å². The maximum absolute atomic E-state index is 10.3. The first kappa shape index (κ1) is 12.9. The lowest BCUT2D eigenvalue weighted by atomic mass is 10.0. The van der Waals surface area contributed by atoms with E-state index < -0.39 is 0 Å². The summed E-state index contributed by atoms with van der Waals surface area (Å²) in [5.41, 5.74) is 0. The van der Waals surface area contributed by atoms with E-state index in [1.54, 1.807) is 0 Å². The zero-order chi connectivity index (χ0) is 9.40. The van der Waals surface area contributed by atoms with Gasteiger partial charge in [-0.2, -0.15) is 0 Å². The number of carbonyl (C=O) groups excluding carboxylic acids is 1. The highest BCUT2D eigenvalue weighted by molar-refractivity contribution is 14.1. The van der Waals surface area contributed by atoms with Crippen LogP contribution in [0.4, 0.5) is 0 Å². The van der Waals surface area contributed by atoms with Gasteiger partial charge < -0.3 is 8.98 Å². The average Bonchev–Trinajstić information content (AvgIpc) is 2.04. The maximum Gasteiger partial charge on any atom is 0.122 e. The van der Waals surface area contributed by atoms with Crippen LogP contribution in [-0.4, -0.2) is 12.4 Å². The highest BCUT2D eigenvalue weighted by Crippen LogP contribution is 2.22. The first-order valence-corrected chi connectivity index (χ1v) is 7.23. The predicted octanol–water partition coefficient (Wildman–Crippen LogP) is 3.50. The summed E-state index contributed by atoms with van der Waals surface area (Å²) in [6, 6.07) is 0. The molecule has 0 N–H and O–H groups in total. The molecule has 70 valence electrons. The summed E-state index contributed by atoms with van der Waals surface area (Å²) in [7, 11) is 1.12. The van der Waals surface area contributed by atoms with Gasteiger partial charge in [-0.1, -0.05) is 35.6 Å². The van der Waals surface area contributed by atoms with Crippen molar-refractivity contribution >= 4 is 54.2 Å². The molecule has 0 aliphatic rings. The van der Waals surface area contributed by atoms with Crippen LogP contribution in [-0.2, 0) is 8.98 Å². The third kappa shape index (κ3) is 5.55. The molecule has 0 aliphatic heterocycles. The summed E-state index contributed by atoms with van der Waals surface area (Å²) < 4.78 is 7.18. The minimum Gasteiger partial charge on any atom is -0.303 e. The van der Waals surface area contributed by atoms with Crippen LogP contribution in [0.1, 0.15) is 13.3 Å². The van der Waals surface area contributed by atoms with E-state index in [1.807, 2.05) is 17.1 Å². The van der Waals surface area contributed by atoms with Crippen molar-refractivity contribution < 1.29 is 8.98 Å². The van der Waals surface area contributed by atoms with Crippen LogP contribution in [0.3, 0.4) is 0 Å². The van der Waals surface area contributed by atoms with E-state index in [0.717, 1.165) is 16.8 Å². The monoisotopic (exact) mass is 364 g/mol. The Balaban J connectivity index is 3.97. The van der Waals surface area contributed by atoms with Gasteiger partial charge in [-0.15, -0.1) is 0 Å². The van der Waals surface area contributed by atoms with E-state index in [0.29, 0.717) is 6.42 Å². The Labute approximate surface area is 98.1 Å². The highest BCUT2D eigenvalue weighted by atomic mass is 127. The number of aldehydes is 1. The molecule has 0 aromatic carbocycles. The molecule has 12 heavy (non-hydrogen) atoms. The second-order valence-electron chi connectivity index (χ2n) is 2.28. The van der Waals surface area contributed by atoms with Crippen LogP contribution in [0.15, 0.2) is 10.2 Å². The lowest BCUT2D eigenvalue weighted by Crippen LogP contribution is -2.17. The van der Waals surface area contributed by atoms with Crippen LogP contribution < -0.4 is 0 Å². The molecule has 0 aromatic rings. The van der Waals surface area contributed by atoms with Crippen LogP contribution in [0.25, 0.3) is 0 Å². The third-order valence-corrected chi connectivity index (χ3v) is 2.64. The quantitative estimate of drug-likeness (QED) is 0.410. The van der Waals surface area contributed by atoms with E-state index >= 15 is 0 Å². The van der Waals surface area contributed by atoms with Gasteiger partial charge in [0.1, 0.15) is 6.29 Å². The van der Waals surface area contributed by atoms with Gasteiger partial charge >= 0.3 is 0 Å². The molecule has 0 unspecified atom stereocenters. The Morgan fingerprint density at radius 2 is 2.42 bits per heavy atom. The molecule has 2 atom stereocenters. The minimum absolute atomic E-state index is 0.0436.